The van der Waals surface area contributed by atoms with E-state index in [1.54, 1.807) is 0 Å². The highest BCUT2D eigenvalue weighted by Gasteiger charge is 2.32. The Morgan fingerprint density at radius 3 is 2.43 bits per heavy atom. The largest absolute Gasteiger partial charge is 0.355 e. The van der Waals surface area contributed by atoms with Crippen molar-refractivity contribution >= 4 is 21.8 Å². The molecule has 0 bridgehead atoms. The fraction of sp³-hybridized carbons (Fsp3) is 0.909. The van der Waals surface area contributed by atoms with Gasteiger partial charge in [-0.05, 0) is 24.7 Å². The van der Waals surface area contributed by atoms with Gasteiger partial charge >= 0.3 is 0 Å². The van der Waals surface area contributed by atoms with E-state index in [0.29, 0.717) is 16.7 Å². The van der Waals surface area contributed by atoms with Crippen molar-refractivity contribution < 1.29 is 4.79 Å². The van der Waals surface area contributed by atoms with Crippen LogP contribution >= 0.6 is 15.9 Å². The molecular formula is C11H20BrNO. The van der Waals surface area contributed by atoms with Crippen LogP contribution in [0.5, 0.6) is 0 Å². The van der Waals surface area contributed by atoms with Crippen molar-refractivity contribution in [1.82, 2.24) is 5.32 Å². The molecular weight excluding hydrogens is 242 g/mol. The molecule has 0 aromatic heterocycles. The van der Waals surface area contributed by atoms with E-state index in [9.17, 15) is 4.79 Å². The van der Waals surface area contributed by atoms with Crippen LogP contribution in [0.2, 0.25) is 0 Å². The topological polar surface area (TPSA) is 29.1 Å². The first-order chi connectivity index (χ1) is 6.52. The molecule has 0 heterocycles. The Morgan fingerprint density at radius 1 is 1.43 bits per heavy atom. The van der Waals surface area contributed by atoms with Gasteiger partial charge in [-0.15, -0.1) is 0 Å². The second-order valence-electron chi connectivity index (χ2n) is 4.63. The lowest BCUT2D eigenvalue weighted by Crippen LogP contribution is -2.35. The van der Waals surface area contributed by atoms with Crippen molar-refractivity contribution in [2.45, 2.75) is 38.4 Å². The zero-order chi connectivity index (χ0) is 10.7. The van der Waals surface area contributed by atoms with E-state index in [-0.39, 0.29) is 11.8 Å². The van der Waals surface area contributed by atoms with Gasteiger partial charge in [0.1, 0.15) is 0 Å². The molecule has 1 rings (SSSR count). The Hall–Kier alpha value is -0.0500. The van der Waals surface area contributed by atoms with Gasteiger partial charge in [0.25, 0.3) is 0 Å². The summed E-state index contributed by atoms with van der Waals surface area (Å²) in [6.45, 7) is 7.07. The van der Waals surface area contributed by atoms with Crippen molar-refractivity contribution in [2.75, 3.05) is 6.54 Å². The highest BCUT2D eigenvalue weighted by atomic mass is 79.9. The molecule has 0 aromatic carbocycles. The summed E-state index contributed by atoms with van der Waals surface area (Å²) in [5.74, 6) is 1.65. The first-order valence-electron chi connectivity index (χ1n) is 5.44. The van der Waals surface area contributed by atoms with Crippen molar-refractivity contribution in [2.24, 2.45) is 17.8 Å². The molecule has 0 saturated heterocycles. The first kappa shape index (κ1) is 12.0. The Kier molecular flexibility index (Phi) is 4.42. The van der Waals surface area contributed by atoms with Crippen LogP contribution in [0, 0.1) is 17.8 Å². The fourth-order valence-electron chi connectivity index (χ4n) is 1.41. The zero-order valence-corrected chi connectivity index (χ0v) is 10.8. The molecule has 2 unspecified atom stereocenters. The Labute approximate surface area is 95.0 Å². The van der Waals surface area contributed by atoms with Crippen LogP contribution in [0.25, 0.3) is 0 Å². The molecule has 1 aliphatic rings. The number of hydrogen-bond acceptors (Lipinski definition) is 1. The maximum atomic E-state index is 11.6. The SMILES string of the molecule is CC(C)C(Br)CNC(=O)C(C)C1CC1. The summed E-state index contributed by atoms with van der Waals surface area (Å²) in [7, 11) is 0. The summed E-state index contributed by atoms with van der Waals surface area (Å²) in [6, 6.07) is 0. The van der Waals surface area contributed by atoms with Crippen LogP contribution in [0.1, 0.15) is 33.6 Å². The number of rotatable bonds is 5. The highest BCUT2D eigenvalue weighted by Crippen LogP contribution is 2.36. The van der Waals surface area contributed by atoms with Crippen LogP contribution in [-0.4, -0.2) is 17.3 Å². The van der Waals surface area contributed by atoms with Crippen LogP contribution in [0.4, 0.5) is 0 Å². The Balaban J connectivity index is 2.19. The summed E-state index contributed by atoms with van der Waals surface area (Å²) in [5.41, 5.74) is 0. The predicted octanol–water partition coefficient (Wildman–Crippen LogP) is 2.57. The van der Waals surface area contributed by atoms with Gasteiger partial charge in [-0.1, -0.05) is 36.7 Å². The molecule has 2 atom stereocenters. The van der Waals surface area contributed by atoms with Gasteiger partial charge in [-0.25, -0.2) is 0 Å². The molecule has 3 heteroatoms. The van der Waals surface area contributed by atoms with E-state index in [0.717, 1.165) is 6.54 Å². The van der Waals surface area contributed by atoms with Gasteiger partial charge in [0, 0.05) is 17.3 Å². The maximum Gasteiger partial charge on any atom is 0.223 e. The molecule has 82 valence electrons. The van der Waals surface area contributed by atoms with Crippen LogP contribution in [0.15, 0.2) is 0 Å². The second-order valence-corrected chi connectivity index (χ2v) is 5.81. The first-order valence-corrected chi connectivity index (χ1v) is 6.35. The number of halogens is 1. The molecule has 1 saturated carbocycles. The van der Waals surface area contributed by atoms with Gasteiger partial charge in [0.05, 0.1) is 0 Å². The molecule has 1 fully saturated rings. The monoisotopic (exact) mass is 261 g/mol. The Morgan fingerprint density at radius 2 is 2.00 bits per heavy atom. The lowest BCUT2D eigenvalue weighted by atomic mass is 10.1. The van der Waals surface area contributed by atoms with Crippen molar-refractivity contribution in [1.29, 1.82) is 0 Å². The number of carbonyl (C=O) groups is 1. The third kappa shape index (κ3) is 3.60. The molecule has 0 spiro atoms. The highest BCUT2D eigenvalue weighted by molar-refractivity contribution is 9.09. The summed E-state index contributed by atoms with van der Waals surface area (Å²) in [5, 5.41) is 3.00. The summed E-state index contributed by atoms with van der Waals surface area (Å²) < 4.78 is 0. The third-order valence-electron chi connectivity index (χ3n) is 2.94. The zero-order valence-electron chi connectivity index (χ0n) is 9.22. The summed E-state index contributed by atoms with van der Waals surface area (Å²) in [4.78, 5) is 12.0. The van der Waals surface area contributed by atoms with Crippen LogP contribution in [0.3, 0.4) is 0 Å². The van der Waals surface area contributed by atoms with Gasteiger partial charge in [0.15, 0.2) is 0 Å². The molecule has 1 N–H and O–H groups in total. The summed E-state index contributed by atoms with van der Waals surface area (Å²) >= 11 is 3.56. The van der Waals surface area contributed by atoms with Crippen LogP contribution < -0.4 is 5.32 Å². The van der Waals surface area contributed by atoms with E-state index in [1.807, 2.05) is 6.92 Å². The fourth-order valence-corrected chi connectivity index (χ4v) is 1.57. The average molecular weight is 262 g/mol. The predicted molar refractivity (Wildman–Crippen MR) is 62.5 cm³/mol. The minimum atomic E-state index is 0.210. The number of amides is 1. The van der Waals surface area contributed by atoms with Crippen LogP contribution in [-0.2, 0) is 4.79 Å². The minimum Gasteiger partial charge on any atom is -0.355 e. The van der Waals surface area contributed by atoms with E-state index in [2.05, 4.69) is 35.1 Å². The lowest BCUT2D eigenvalue weighted by Gasteiger charge is -2.16. The molecule has 14 heavy (non-hydrogen) atoms. The molecule has 0 aromatic rings. The van der Waals surface area contributed by atoms with Crippen molar-refractivity contribution in [3.63, 3.8) is 0 Å². The summed E-state index contributed by atoms with van der Waals surface area (Å²) in [6.07, 6.45) is 2.47. The molecule has 1 amide bonds. The normalized spacial score (nSPS) is 20.6. The van der Waals surface area contributed by atoms with E-state index >= 15 is 0 Å². The maximum absolute atomic E-state index is 11.6. The number of alkyl halides is 1. The molecule has 0 aliphatic heterocycles. The van der Waals surface area contributed by atoms with Gasteiger partial charge in [-0.3, -0.25) is 4.79 Å². The van der Waals surface area contributed by atoms with Crippen molar-refractivity contribution in [3.8, 4) is 0 Å². The van der Waals surface area contributed by atoms with Crippen molar-refractivity contribution in [3.05, 3.63) is 0 Å². The molecule has 0 radical (unpaired) electrons. The third-order valence-corrected chi connectivity index (χ3v) is 4.32. The average Bonchev–Trinajstić information content (AvgIpc) is 2.95. The van der Waals surface area contributed by atoms with Gasteiger partial charge < -0.3 is 5.32 Å². The smallest absolute Gasteiger partial charge is 0.223 e. The van der Waals surface area contributed by atoms with E-state index in [1.165, 1.54) is 12.8 Å². The number of carbonyl (C=O) groups excluding carboxylic acids is 1. The number of hydrogen-bond donors (Lipinski definition) is 1. The lowest BCUT2D eigenvalue weighted by molar-refractivity contribution is -0.125. The van der Waals surface area contributed by atoms with E-state index < -0.39 is 0 Å². The standard InChI is InChI=1S/C11H20BrNO/c1-7(2)10(12)6-13-11(14)8(3)9-4-5-9/h7-10H,4-6H2,1-3H3,(H,13,14). The minimum absolute atomic E-state index is 0.210. The van der Waals surface area contributed by atoms with E-state index in [4.69, 9.17) is 0 Å². The number of nitrogens with one attached hydrogen (secondary N) is 1. The van der Waals surface area contributed by atoms with Gasteiger partial charge in [-0.2, -0.15) is 0 Å². The molecule has 2 nitrogen and oxygen atoms in total. The molecule has 1 aliphatic carbocycles. The quantitative estimate of drug-likeness (QED) is 0.758. The Bertz CT molecular complexity index is 201. The van der Waals surface area contributed by atoms with Gasteiger partial charge in [0.2, 0.25) is 5.91 Å². The second kappa shape index (κ2) is 5.15.